The Bertz CT molecular complexity index is 1420. The number of hydrogen-bond donors (Lipinski definition) is 3. The van der Waals surface area contributed by atoms with Crippen LogP contribution in [0.5, 0.6) is 0 Å². The van der Waals surface area contributed by atoms with Crippen molar-refractivity contribution in [1.82, 2.24) is 30.2 Å². The molecule has 0 radical (unpaired) electrons. The van der Waals surface area contributed by atoms with Crippen LogP contribution in [0.1, 0.15) is 25.8 Å². The highest BCUT2D eigenvalue weighted by Crippen LogP contribution is 2.38. The van der Waals surface area contributed by atoms with Gasteiger partial charge in [0.1, 0.15) is 6.10 Å². The zero-order valence-electron chi connectivity index (χ0n) is 20.2. The number of nitrogens with one attached hydrogen (secondary N) is 2. The van der Waals surface area contributed by atoms with Gasteiger partial charge in [-0.25, -0.2) is 34.1 Å². The lowest BCUT2D eigenvalue weighted by Gasteiger charge is -2.28. The quantitative estimate of drug-likeness (QED) is 0.346. The second-order valence-electron chi connectivity index (χ2n) is 8.35. The van der Waals surface area contributed by atoms with Gasteiger partial charge in [-0.05, 0) is 31.5 Å². The van der Waals surface area contributed by atoms with Gasteiger partial charge in [0.2, 0.25) is 0 Å². The number of ether oxygens (including phenoxy) is 1. The summed E-state index contributed by atoms with van der Waals surface area (Å²) in [5.41, 5.74) is 2.65. The van der Waals surface area contributed by atoms with E-state index in [1.54, 1.807) is 19.3 Å². The van der Waals surface area contributed by atoms with Crippen molar-refractivity contribution in [3.05, 3.63) is 42.4 Å². The fourth-order valence-corrected chi connectivity index (χ4v) is 4.86. The van der Waals surface area contributed by atoms with Crippen molar-refractivity contribution in [2.75, 3.05) is 43.1 Å². The summed E-state index contributed by atoms with van der Waals surface area (Å²) in [7, 11) is 0. The van der Waals surface area contributed by atoms with E-state index in [0.29, 0.717) is 66.3 Å². The molecule has 1 fully saturated rings. The molecule has 2 amide bonds. The molecule has 1 atom stereocenters. The molecule has 5 rings (SSSR count). The molecule has 0 bridgehead atoms. The number of morpholine rings is 1. The normalized spacial score (nSPS) is 14.5. The highest BCUT2D eigenvalue weighted by Gasteiger charge is 2.21. The topological polar surface area (TPSA) is 138 Å². The van der Waals surface area contributed by atoms with Gasteiger partial charge >= 0.3 is 6.03 Å². The number of carbonyl (C=O) groups excluding carboxylic acids is 1. The Balaban J connectivity index is 1.63. The Labute approximate surface area is 215 Å². The van der Waals surface area contributed by atoms with E-state index in [0.717, 1.165) is 10.3 Å². The van der Waals surface area contributed by atoms with Crippen LogP contribution >= 0.6 is 11.3 Å². The van der Waals surface area contributed by atoms with Crippen molar-refractivity contribution >= 4 is 38.5 Å². The molecular formula is C24H25FN8O3S. The molecule has 0 saturated carbocycles. The molecule has 37 heavy (non-hydrogen) atoms. The molecule has 13 heteroatoms. The lowest BCUT2D eigenvalue weighted by atomic mass is 10.0. The molecule has 3 N–H and O–H groups in total. The third-order valence-electron chi connectivity index (χ3n) is 5.70. The van der Waals surface area contributed by atoms with Crippen LogP contribution < -0.4 is 15.5 Å². The first kappa shape index (κ1) is 24.9. The molecule has 1 aliphatic rings. The lowest BCUT2D eigenvalue weighted by Crippen LogP contribution is -2.37. The number of aliphatic hydroxyl groups excluding tert-OH is 1. The summed E-state index contributed by atoms with van der Waals surface area (Å²) in [6, 6.07) is 3.36. The molecule has 3 aromatic heterocycles. The Morgan fingerprint density at radius 1 is 1.16 bits per heavy atom. The van der Waals surface area contributed by atoms with Crippen molar-refractivity contribution in [2.24, 2.45) is 0 Å². The van der Waals surface area contributed by atoms with Gasteiger partial charge in [-0.1, -0.05) is 11.3 Å². The average molecular weight is 525 g/mol. The summed E-state index contributed by atoms with van der Waals surface area (Å²) in [5.74, 6) is 0.332. The molecule has 11 nitrogen and oxygen atoms in total. The first-order valence-corrected chi connectivity index (χ1v) is 12.6. The molecule has 1 unspecified atom stereocenters. The van der Waals surface area contributed by atoms with Gasteiger partial charge in [0.15, 0.2) is 28.4 Å². The number of halogens is 1. The van der Waals surface area contributed by atoms with Gasteiger partial charge < -0.3 is 20.1 Å². The van der Waals surface area contributed by atoms with E-state index in [2.05, 4.69) is 35.6 Å². The number of rotatable bonds is 6. The molecule has 1 aromatic carbocycles. The predicted octanol–water partition coefficient (Wildman–Crippen LogP) is 3.38. The molecule has 192 valence electrons. The average Bonchev–Trinajstić information content (AvgIpc) is 3.31. The number of carbonyl (C=O) groups is 1. The molecule has 1 aliphatic heterocycles. The van der Waals surface area contributed by atoms with E-state index < -0.39 is 11.9 Å². The zero-order valence-corrected chi connectivity index (χ0v) is 21.0. The van der Waals surface area contributed by atoms with Crippen LogP contribution in [0.25, 0.3) is 32.7 Å². The number of anilines is 2. The van der Waals surface area contributed by atoms with Gasteiger partial charge in [0.25, 0.3) is 0 Å². The second-order valence-corrected chi connectivity index (χ2v) is 9.35. The van der Waals surface area contributed by atoms with Crippen LogP contribution in [0, 0.1) is 5.82 Å². The van der Waals surface area contributed by atoms with E-state index in [1.165, 1.54) is 17.5 Å². The minimum atomic E-state index is -0.792. The van der Waals surface area contributed by atoms with Crippen molar-refractivity contribution in [3.8, 4) is 22.5 Å². The highest BCUT2D eigenvalue weighted by atomic mass is 32.1. The summed E-state index contributed by atoms with van der Waals surface area (Å²) in [4.78, 5) is 35.9. The molecular weight excluding hydrogens is 499 g/mol. The number of urea groups is 1. The lowest BCUT2D eigenvalue weighted by molar-refractivity contribution is 0.122. The number of thiazole rings is 1. The van der Waals surface area contributed by atoms with Gasteiger partial charge in [-0.15, -0.1) is 0 Å². The maximum Gasteiger partial charge on any atom is 0.321 e. The molecule has 0 aliphatic carbocycles. The maximum atomic E-state index is 14.7. The first-order chi connectivity index (χ1) is 17.9. The summed E-state index contributed by atoms with van der Waals surface area (Å²) >= 11 is 1.27. The number of aromatic nitrogens is 5. The number of hydrogen-bond acceptors (Lipinski definition) is 10. The van der Waals surface area contributed by atoms with Crippen LogP contribution in [0.15, 0.2) is 30.7 Å². The minimum Gasteiger partial charge on any atom is -0.385 e. The highest BCUT2D eigenvalue weighted by molar-refractivity contribution is 7.22. The van der Waals surface area contributed by atoms with E-state index in [-0.39, 0.29) is 11.8 Å². The van der Waals surface area contributed by atoms with Gasteiger partial charge in [0.05, 0.1) is 29.6 Å². The number of nitrogens with zero attached hydrogens (tertiary/aromatic N) is 6. The summed E-state index contributed by atoms with van der Waals surface area (Å²) in [6.45, 7) is 5.92. The van der Waals surface area contributed by atoms with Crippen LogP contribution in [0.3, 0.4) is 0 Å². The van der Waals surface area contributed by atoms with Crippen molar-refractivity contribution in [3.63, 3.8) is 0 Å². The van der Waals surface area contributed by atoms with E-state index in [4.69, 9.17) is 4.74 Å². The van der Waals surface area contributed by atoms with Gasteiger partial charge in [-0.3, -0.25) is 5.32 Å². The first-order valence-electron chi connectivity index (χ1n) is 11.8. The third-order valence-corrected chi connectivity index (χ3v) is 6.72. The van der Waals surface area contributed by atoms with Crippen molar-refractivity contribution < 1.29 is 19.0 Å². The number of aliphatic hydroxyl groups is 1. The van der Waals surface area contributed by atoms with Crippen LogP contribution in [0.2, 0.25) is 0 Å². The third kappa shape index (κ3) is 5.33. The summed E-state index contributed by atoms with van der Waals surface area (Å²) < 4.78 is 20.9. The number of amides is 2. The Hall–Kier alpha value is -3.81. The molecule has 4 aromatic rings. The summed E-state index contributed by atoms with van der Waals surface area (Å²) in [6.07, 6.45) is 3.61. The molecule has 4 heterocycles. The van der Waals surface area contributed by atoms with Crippen LogP contribution in [0.4, 0.5) is 20.1 Å². The van der Waals surface area contributed by atoms with E-state index in [1.807, 2.05) is 24.0 Å². The van der Waals surface area contributed by atoms with Crippen LogP contribution in [-0.4, -0.2) is 68.9 Å². The molecule has 0 spiro atoms. The van der Waals surface area contributed by atoms with E-state index in [9.17, 15) is 14.3 Å². The standard InChI is InChI=1S/C24H25FN8O3S/c1-3-26-23(35)32-24-30-18-9-14(15-10-27-20(13(2)34)28-11-15)8-16(19(18)37-24)21-29-12-17(25)22(31-21)33-4-6-36-7-5-33/h8-13,34H,3-7H2,1-2H3,(H2,26,30,32,35). The second kappa shape index (κ2) is 10.7. The summed E-state index contributed by atoms with van der Waals surface area (Å²) in [5, 5.41) is 15.6. The fraction of sp³-hybridized carbons (Fsp3) is 0.333. The fourth-order valence-electron chi connectivity index (χ4n) is 3.91. The smallest absolute Gasteiger partial charge is 0.321 e. The van der Waals surface area contributed by atoms with Crippen molar-refractivity contribution in [1.29, 1.82) is 0 Å². The monoisotopic (exact) mass is 524 g/mol. The predicted molar refractivity (Wildman–Crippen MR) is 138 cm³/mol. The van der Waals surface area contributed by atoms with Gasteiger partial charge in [-0.2, -0.15) is 0 Å². The maximum absolute atomic E-state index is 14.7. The van der Waals surface area contributed by atoms with Gasteiger partial charge in [0, 0.05) is 43.2 Å². The largest absolute Gasteiger partial charge is 0.385 e. The zero-order chi connectivity index (χ0) is 25.9. The number of benzene rings is 1. The minimum absolute atomic E-state index is 0.210. The van der Waals surface area contributed by atoms with Crippen LogP contribution in [-0.2, 0) is 4.74 Å². The Morgan fingerprint density at radius 3 is 2.62 bits per heavy atom. The Kier molecular flexibility index (Phi) is 7.17. The van der Waals surface area contributed by atoms with Crippen molar-refractivity contribution in [2.45, 2.75) is 20.0 Å². The Morgan fingerprint density at radius 2 is 1.92 bits per heavy atom. The number of fused-ring (bicyclic) bond motifs is 1. The van der Waals surface area contributed by atoms with E-state index >= 15 is 0 Å². The SMILES string of the molecule is CCNC(=O)Nc1nc2cc(-c3cnc(C(C)O)nc3)cc(-c3ncc(F)c(N4CCOCC4)n3)c2s1. The molecule has 1 saturated heterocycles.